The van der Waals surface area contributed by atoms with Gasteiger partial charge in [0.15, 0.2) is 0 Å². The zero-order valence-electron chi connectivity index (χ0n) is 18.0. The fourth-order valence-corrected chi connectivity index (χ4v) is 3.15. The maximum Gasteiger partial charge on any atom is 0.277 e. The molecule has 0 aliphatic heterocycles. The largest absolute Gasteiger partial charge is 0.277 e. The Balaban J connectivity index is 2.37. The highest BCUT2D eigenvalue weighted by molar-refractivity contribution is 5.93. The lowest BCUT2D eigenvalue weighted by atomic mass is 10.0. The number of unbranched alkanes of at least 4 members (excludes halogenated alkanes) is 8. The number of rotatable bonds is 16. The van der Waals surface area contributed by atoms with Gasteiger partial charge in [-0.3, -0.25) is 9.63 Å². The Hall–Kier alpha value is -1.35. The molecule has 0 unspecified atom stereocenters. The van der Waals surface area contributed by atoms with Crippen molar-refractivity contribution in [2.75, 3.05) is 13.2 Å². The average molecular weight is 376 g/mol. The molecule has 0 aliphatic rings. The molecule has 1 aromatic carbocycles. The number of amides is 1. The maximum absolute atomic E-state index is 12.7. The minimum absolute atomic E-state index is 0.0180. The predicted molar refractivity (Wildman–Crippen MR) is 115 cm³/mol. The molecule has 0 bridgehead atoms. The van der Waals surface area contributed by atoms with Crippen molar-refractivity contribution < 1.29 is 9.63 Å². The van der Waals surface area contributed by atoms with E-state index in [1.54, 1.807) is 5.06 Å². The molecule has 0 aliphatic carbocycles. The number of carbonyl (C=O) groups excluding carboxylic acids is 1. The molecule has 0 N–H and O–H groups in total. The third kappa shape index (κ3) is 10.5. The molecule has 27 heavy (non-hydrogen) atoms. The Morgan fingerprint density at radius 2 is 1.37 bits per heavy atom. The summed E-state index contributed by atoms with van der Waals surface area (Å²) in [6.07, 6.45) is 14.8. The van der Waals surface area contributed by atoms with Gasteiger partial charge in [-0.05, 0) is 43.4 Å². The summed E-state index contributed by atoms with van der Waals surface area (Å²) in [6.45, 7) is 7.70. The summed E-state index contributed by atoms with van der Waals surface area (Å²) < 4.78 is 0. The van der Waals surface area contributed by atoms with E-state index in [-0.39, 0.29) is 5.91 Å². The highest BCUT2D eigenvalue weighted by atomic mass is 16.7. The molecule has 0 heterocycles. The molecule has 0 radical (unpaired) electrons. The van der Waals surface area contributed by atoms with Crippen LogP contribution in [0.4, 0.5) is 0 Å². The molecule has 0 atom stereocenters. The second-order valence-corrected chi connectivity index (χ2v) is 7.52. The smallest absolute Gasteiger partial charge is 0.271 e. The summed E-state index contributed by atoms with van der Waals surface area (Å²) in [5.41, 5.74) is 2.05. The van der Waals surface area contributed by atoms with E-state index in [1.807, 2.05) is 12.1 Å². The summed E-state index contributed by atoms with van der Waals surface area (Å²) in [5.74, 6) is -0.0180. The summed E-state index contributed by atoms with van der Waals surface area (Å²) in [5, 5.41) is 1.54. The zero-order chi connectivity index (χ0) is 19.7. The molecule has 0 aromatic heterocycles. The topological polar surface area (TPSA) is 29.5 Å². The van der Waals surface area contributed by atoms with Crippen molar-refractivity contribution >= 4 is 5.91 Å². The number of aryl methyl sites for hydroxylation is 1. The third-order valence-electron chi connectivity index (χ3n) is 4.91. The molecule has 3 nitrogen and oxygen atoms in total. The van der Waals surface area contributed by atoms with Crippen LogP contribution < -0.4 is 0 Å². The van der Waals surface area contributed by atoms with Crippen LogP contribution in [0.1, 0.15) is 107 Å². The van der Waals surface area contributed by atoms with Crippen LogP contribution in [0.15, 0.2) is 24.3 Å². The van der Waals surface area contributed by atoms with Crippen molar-refractivity contribution in [3.05, 3.63) is 35.4 Å². The van der Waals surface area contributed by atoms with Gasteiger partial charge in [0, 0.05) is 12.1 Å². The molecule has 1 amide bonds. The van der Waals surface area contributed by atoms with Crippen LogP contribution in [0.3, 0.4) is 0 Å². The number of hydrogen-bond acceptors (Lipinski definition) is 2. The van der Waals surface area contributed by atoms with Crippen molar-refractivity contribution in [2.45, 2.75) is 97.8 Å². The van der Waals surface area contributed by atoms with Gasteiger partial charge in [0.25, 0.3) is 5.91 Å². The molecule has 0 fully saturated rings. The summed E-state index contributed by atoms with van der Waals surface area (Å²) in [4.78, 5) is 18.3. The van der Waals surface area contributed by atoms with E-state index in [9.17, 15) is 4.79 Å². The van der Waals surface area contributed by atoms with Gasteiger partial charge in [-0.2, -0.15) is 0 Å². The summed E-state index contributed by atoms with van der Waals surface area (Å²) >= 11 is 0. The van der Waals surface area contributed by atoms with E-state index in [4.69, 9.17) is 4.84 Å². The number of carbonyl (C=O) groups is 1. The van der Waals surface area contributed by atoms with E-state index in [2.05, 4.69) is 32.9 Å². The van der Waals surface area contributed by atoms with Crippen molar-refractivity contribution in [1.82, 2.24) is 5.06 Å². The van der Waals surface area contributed by atoms with Crippen molar-refractivity contribution in [3.8, 4) is 0 Å². The first-order valence-electron chi connectivity index (χ1n) is 11.3. The second kappa shape index (κ2) is 15.7. The van der Waals surface area contributed by atoms with E-state index >= 15 is 0 Å². The molecular formula is C24H41NO2. The summed E-state index contributed by atoms with van der Waals surface area (Å²) in [6, 6.07) is 8.12. The Morgan fingerprint density at radius 3 is 1.96 bits per heavy atom. The molecule has 0 spiro atoms. The van der Waals surface area contributed by atoms with E-state index < -0.39 is 0 Å². The second-order valence-electron chi connectivity index (χ2n) is 7.52. The van der Waals surface area contributed by atoms with Crippen LogP contribution in [0.5, 0.6) is 0 Å². The molecule has 1 rings (SSSR count). The minimum Gasteiger partial charge on any atom is -0.271 e. The van der Waals surface area contributed by atoms with Gasteiger partial charge in [0.2, 0.25) is 0 Å². The van der Waals surface area contributed by atoms with Crippen LogP contribution >= 0.6 is 0 Å². The van der Waals surface area contributed by atoms with Gasteiger partial charge in [0.1, 0.15) is 0 Å². The molecule has 0 saturated heterocycles. The van der Waals surface area contributed by atoms with E-state index in [1.165, 1.54) is 56.9 Å². The van der Waals surface area contributed by atoms with Crippen molar-refractivity contribution in [3.63, 3.8) is 0 Å². The van der Waals surface area contributed by atoms with Crippen LogP contribution in [0.25, 0.3) is 0 Å². The Bertz CT molecular complexity index is 476. The average Bonchev–Trinajstić information content (AvgIpc) is 2.70. The quantitative estimate of drug-likeness (QED) is 0.231. The number of hydroxylamine groups is 2. The third-order valence-corrected chi connectivity index (χ3v) is 4.91. The van der Waals surface area contributed by atoms with Crippen LogP contribution in [0.2, 0.25) is 0 Å². The van der Waals surface area contributed by atoms with Crippen LogP contribution in [0, 0.1) is 0 Å². The highest BCUT2D eigenvalue weighted by Crippen LogP contribution is 2.14. The van der Waals surface area contributed by atoms with Gasteiger partial charge >= 0.3 is 0 Å². The first-order chi connectivity index (χ1) is 13.2. The first kappa shape index (κ1) is 23.7. The lowest BCUT2D eigenvalue weighted by molar-refractivity contribution is -0.123. The van der Waals surface area contributed by atoms with Gasteiger partial charge in [-0.15, -0.1) is 0 Å². The Morgan fingerprint density at radius 1 is 0.778 bits per heavy atom. The Labute approximate surface area is 167 Å². The van der Waals surface area contributed by atoms with Gasteiger partial charge < -0.3 is 0 Å². The van der Waals surface area contributed by atoms with Crippen LogP contribution in [-0.4, -0.2) is 24.1 Å². The number of benzene rings is 1. The fourth-order valence-electron chi connectivity index (χ4n) is 3.15. The van der Waals surface area contributed by atoms with Crippen molar-refractivity contribution in [1.29, 1.82) is 0 Å². The molecular weight excluding hydrogens is 334 g/mol. The molecule has 154 valence electrons. The molecule has 0 saturated carbocycles. The number of nitrogens with zero attached hydrogens (tertiary/aromatic N) is 1. The summed E-state index contributed by atoms with van der Waals surface area (Å²) in [7, 11) is 0. The lowest BCUT2D eigenvalue weighted by Crippen LogP contribution is -2.32. The first-order valence-corrected chi connectivity index (χ1v) is 11.3. The monoisotopic (exact) mass is 375 g/mol. The minimum atomic E-state index is -0.0180. The highest BCUT2D eigenvalue weighted by Gasteiger charge is 2.16. The molecule has 3 heteroatoms. The van der Waals surface area contributed by atoms with Gasteiger partial charge in [-0.1, -0.05) is 84.3 Å². The van der Waals surface area contributed by atoms with E-state index in [0.717, 1.165) is 31.2 Å². The predicted octanol–water partition coefficient (Wildman–Crippen LogP) is 6.95. The fraction of sp³-hybridized carbons (Fsp3) is 0.708. The van der Waals surface area contributed by atoms with Crippen LogP contribution in [-0.2, 0) is 11.3 Å². The van der Waals surface area contributed by atoms with E-state index in [0.29, 0.717) is 13.2 Å². The SMILES string of the molecule is CCCCCCCCCCc1ccc(C(=O)N(CCCC)OCCC)cc1. The Kier molecular flexibility index (Phi) is 13.8. The van der Waals surface area contributed by atoms with Gasteiger partial charge in [-0.25, -0.2) is 5.06 Å². The number of hydrogen-bond donors (Lipinski definition) is 0. The standard InChI is InChI=1S/C24H41NO2/c1-4-7-9-10-11-12-13-14-15-22-16-18-23(19-17-22)24(26)25(20-8-5-2)27-21-6-3/h16-19H,4-15,20-21H2,1-3H3. The molecule has 1 aromatic rings. The van der Waals surface area contributed by atoms with Crippen molar-refractivity contribution in [2.24, 2.45) is 0 Å². The lowest BCUT2D eigenvalue weighted by Gasteiger charge is -2.21. The maximum atomic E-state index is 12.7. The van der Waals surface area contributed by atoms with Gasteiger partial charge in [0.05, 0.1) is 6.61 Å². The normalized spacial score (nSPS) is 10.9. The zero-order valence-corrected chi connectivity index (χ0v) is 18.0.